The van der Waals surface area contributed by atoms with Crippen LogP contribution in [0.3, 0.4) is 0 Å². The Hall–Kier alpha value is -0.0800. The van der Waals surface area contributed by atoms with Crippen LogP contribution in [0.2, 0.25) is 0 Å². The lowest BCUT2D eigenvalue weighted by atomic mass is 9.45. The average molecular weight is 183 g/mol. The van der Waals surface area contributed by atoms with Crippen LogP contribution in [0.25, 0.3) is 0 Å². The lowest BCUT2D eigenvalue weighted by Crippen LogP contribution is -2.57. The Balaban J connectivity index is 2.07. The van der Waals surface area contributed by atoms with Crippen LogP contribution in [-0.4, -0.2) is 17.8 Å². The Bertz CT molecular complexity index is 200. The van der Waals surface area contributed by atoms with Gasteiger partial charge >= 0.3 is 0 Å². The molecule has 3 rings (SSSR count). The van der Waals surface area contributed by atoms with Crippen molar-refractivity contribution in [2.75, 3.05) is 6.61 Å². The summed E-state index contributed by atoms with van der Waals surface area (Å²) >= 11 is 0. The van der Waals surface area contributed by atoms with Gasteiger partial charge in [-0.3, -0.25) is 0 Å². The molecule has 2 bridgehead atoms. The smallest absolute Gasteiger partial charge is 0.0585 e. The molecular weight excluding hydrogens is 162 g/mol. The lowest BCUT2D eigenvalue weighted by Gasteiger charge is -2.61. The SMILES string of the molecule is CC1(C)[C@H]2CCC([C@@H](N)CO)[C@@H]1C2. The number of fused-ring (bicyclic) bond motifs is 2. The van der Waals surface area contributed by atoms with Crippen molar-refractivity contribution in [2.24, 2.45) is 28.9 Å². The molecule has 0 aromatic carbocycles. The molecule has 13 heavy (non-hydrogen) atoms. The van der Waals surface area contributed by atoms with Crippen molar-refractivity contribution >= 4 is 0 Å². The predicted octanol–water partition coefficient (Wildman–Crippen LogP) is 1.38. The van der Waals surface area contributed by atoms with E-state index in [9.17, 15) is 0 Å². The normalized spacial score (nSPS) is 43.8. The number of aliphatic hydroxyl groups is 1. The molecule has 3 N–H and O–H groups in total. The minimum Gasteiger partial charge on any atom is -0.395 e. The number of rotatable bonds is 2. The van der Waals surface area contributed by atoms with E-state index < -0.39 is 0 Å². The van der Waals surface area contributed by atoms with E-state index in [1.807, 2.05) is 0 Å². The van der Waals surface area contributed by atoms with Gasteiger partial charge < -0.3 is 10.8 Å². The number of nitrogens with two attached hydrogens (primary N) is 1. The number of hydrogen-bond acceptors (Lipinski definition) is 2. The molecule has 76 valence electrons. The standard InChI is InChI=1S/C11H21NO/c1-11(2)7-3-4-8(9(11)5-7)10(12)6-13/h7-10,13H,3-6,12H2,1-2H3/t7-,8?,9-,10-/m0/s1. The highest BCUT2D eigenvalue weighted by Gasteiger charge is 2.55. The zero-order valence-corrected chi connectivity index (χ0v) is 8.66. The minimum atomic E-state index is 0.0190. The highest BCUT2D eigenvalue weighted by atomic mass is 16.3. The maximum atomic E-state index is 9.07. The van der Waals surface area contributed by atoms with E-state index in [0.29, 0.717) is 11.3 Å². The zero-order chi connectivity index (χ0) is 9.64. The van der Waals surface area contributed by atoms with E-state index in [1.54, 1.807) is 0 Å². The molecule has 0 amide bonds. The van der Waals surface area contributed by atoms with E-state index in [0.717, 1.165) is 11.8 Å². The van der Waals surface area contributed by atoms with Crippen LogP contribution in [0.1, 0.15) is 33.1 Å². The molecular formula is C11H21NO. The largest absolute Gasteiger partial charge is 0.395 e. The van der Waals surface area contributed by atoms with Crippen molar-refractivity contribution in [1.82, 2.24) is 0 Å². The van der Waals surface area contributed by atoms with Crippen LogP contribution in [0, 0.1) is 23.2 Å². The minimum absolute atomic E-state index is 0.0190. The van der Waals surface area contributed by atoms with Gasteiger partial charge in [-0.05, 0) is 42.4 Å². The molecule has 0 saturated heterocycles. The van der Waals surface area contributed by atoms with E-state index in [2.05, 4.69) is 13.8 Å². The van der Waals surface area contributed by atoms with Crippen LogP contribution in [0.4, 0.5) is 0 Å². The third kappa shape index (κ3) is 1.23. The molecule has 0 spiro atoms. The Morgan fingerprint density at radius 3 is 2.62 bits per heavy atom. The molecule has 0 aromatic rings. The van der Waals surface area contributed by atoms with Gasteiger partial charge in [0.15, 0.2) is 0 Å². The maximum absolute atomic E-state index is 9.07. The Morgan fingerprint density at radius 1 is 1.46 bits per heavy atom. The fourth-order valence-electron chi connectivity index (χ4n) is 3.52. The van der Waals surface area contributed by atoms with Crippen molar-refractivity contribution < 1.29 is 5.11 Å². The Morgan fingerprint density at radius 2 is 2.15 bits per heavy atom. The van der Waals surface area contributed by atoms with Crippen molar-refractivity contribution in [3.05, 3.63) is 0 Å². The molecule has 3 saturated carbocycles. The van der Waals surface area contributed by atoms with Crippen molar-refractivity contribution in [3.8, 4) is 0 Å². The van der Waals surface area contributed by atoms with Crippen LogP contribution in [0.5, 0.6) is 0 Å². The fraction of sp³-hybridized carbons (Fsp3) is 1.00. The van der Waals surface area contributed by atoms with E-state index >= 15 is 0 Å². The Kier molecular flexibility index (Phi) is 2.16. The fourth-order valence-corrected chi connectivity index (χ4v) is 3.52. The third-order valence-electron chi connectivity index (χ3n) is 4.67. The van der Waals surface area contributed by atoms with Gasteiger partial charge in [-0.25, -0.2) is 0 Å². The first kappa shape index (κ1) is 9.47. The predicted molar refractivity (Wildman–Crippen MR) is 53.2 cm³/mol. The first-order chi connectivity index (χ1) is 6.07. The van der Waals surface area contributed by atoms with E-state index in [1.165, 1.54) is 19.3 Å². The summed E-state index contributed by atoms with van der Waals surface area (Å²) < 4.78 is 0. The summed E-state index contributed by atoms with van der Waals surface area (Å²) in [5.74, 6) is 2.28. The van der Waals surface area contributed by atoms with E-state index in [4.69, 9.17) is 10.8 Å². The van der Waals surface area contributed by atoms with Crippen LogP contribution < -0.4 is 5.73 Å². The molecule has 3 aliphatic rings. The van der Waals surface area contributed by atoms with Gasteiger partial charge in [0, 0.05) is 6.04 Å². The summed E-state index contributed by atoms with van der Waals surface area (Å²) in [5, 5.41) is 9.07. The highest BCUT2D eigenvalue weighted by molar-refractivity contribution is 5.05. The quantitative estimate of drug-likeness (QED) is 0.679. The first-order valence-electron chi connectivity index (χ1n) is 5.43. The van der Waals surface area contributed by atoms with Crippen LogP contribution in [0.15, 0.2) is 0 Å². The second kappa shape index (κ2) is 2.96. The molecule has 0 aromatic heterocycles. The molecule has 3 aliphatic carbocycles. The topological polar surface area (TPSA) is 46.2 Å². The van der Waals surface area contributed by atoms with Crippen molar-refractivity contribution in [1.29, 1.82) is 0 Å². The molecule has 2 heteroatoms. The van der Waals surface area contributed by atoms with Gasteiger partial charge in [0.1, 0.15) is 0 Å². The highest BCUT2D eigenvalue weighted by Crippen LogP contribution is 2.61. The van der Waals surface area contributed by atoms with Gasteiger partial charge in [-0.2, -0.15) is 0 Å². The molecule has 4 atom stereocenters. The average Bonchev–Trinajstić information content (AvgIpc) is 2.16. The molecule has 0 aliphatic heterocycles. The third-order valence-corrected chi connectivity index (χ3v) is 4.67. The summed E-state index contributed by atoms with van der Waals surface area (Å²) in [6, 6.07) is 0.0190. The number of hydrogen-bond donors (Lipinski definition) is 2. The van der Waals surface area contributed by atoms with Gasteiger partial charge in [-0.1, -0.05) is 13.8 Å². The zero-order valence-electron chi connectivity index (χ0n) is 8.66. The summed E-state index contributed by atoms with van der Waals surface area (Å²) in [6.45, 7) is 4.88. The molecule has 0 radical (unpaired) electrons. The Labute approximate surface area is 80.5 Å². The van der Waals surface area contributed by atoms with Crippen LogP contribution in [-0.2, 0) is 0 Å². The summed E-state index contributed by atoms with van der Waals surface area (Å²) in [6.07, 6.45) is 3.91. The summed E-state index contributed by atoms with van der Waals surface area (Å²) in [5.41, 5.74) is 6.43. The van der Waals surface area contributed by atoms with Crippen molar-refractivity contribution in [2.45, 2.75) is 39.2 Å². The second-order valence-electron chi connectivity index (χ2n) is 5.45. The number of aliphatic hydroxyl groups excluding tert-OH is 1. The van der Waals surface area contributed by atoms with Gasteiger partial charge in [0.2, 0.25) is 0 Å². The second-order valence-corrected chi connectivity index (χ2v) is 5.45. The van der Waals surface area contributed by atoms with Gasteiger partial charge in [-0.15, -0.1) is 0 Å². The van der Waals surface area contributed by atoms with E-state index in [-0.39, 0.29) is 12.6 Å². The molecule has 0 heterocycles. The van der Waals surface area contributed by atoms with Gasteiger partial charge in [0.25, 0.3) is 0 Å². The molecule has 1 unspecified atom stereocenters. The first-order valence-corrected chi connectivity index (χ1v) is 5.43. The maximum Gasteiger partial charge on any atom is 0.0585 e. The van der Waals surface area contributed by atoms with Crippen LogP contribution >= 0.6 is 0 Å². The summed E-state index contributed by atoms with van der Waals surface area (Å²) in [4.78, 5) is 0. The molecule has 2 nitrogen and oxygen atoms in total. The lowest BCUT2D eigenvalue weighted by molar-refractivity contribution is -0.114. The van der Waals surface area contributed by atoms with Gasteiger partial charge in [0.05, 0.1) is 6.61 Å². The van der Waals surface area contributed by atoms with Crippen molar-refractivity contribution in [3.63, 3.8) is 0 Å². The monoisotopic (exact) mass is 183 g/mol. The molecule has 3 fully saturated rings. The summed E-state index contributed by atoms with van der Waals surface area (Å²) in [7, 11) is 0.